The predicted octanol–water partition coefficient (Wildman–Crippen LogP) is 4.16. The van der Waals surface area contributed by atoms with Gasteiger partial charge in [0, 0.05) is 16.3 Å². The van der Waals surface area contributed by atoms with E-state index in [1.54, 1.807) is 16.0 Å². The summed E-state index contributed by atoms with van der Waals surface area (Å²) in [6.45, 7) is 7.79. The lowest BCUT2D eigenvalue weighted by Crippen LogP contribution is -2.29. The van der Waals surface area contributed by atoms with Crippen LogP contribution in [-0.4, -0.2) is 6.54 Å². The summed E-state index contributed by atoms with van der Waals surface area (Å²) in [5.74, 6) is 0. The third kappa shape index (κ3) is 2.24. The van der Waals surface area contributed by atoms with Gasteiger partial charge in [-0.05, 0) is 43.4 Å². The van der Waals surface area contributed by atoms with E-state index in [4.69, 9.17) is 0 Å². The molecule has 0 saturated heterocycles. The maximum absolute atomic E-state index is 3.69. The fourth-order valence-corrected chi connectivity index (χ4v) is 4.49. The summed E-state index contributed by atoms with van der Waals surface area (Å²) in [5.41, 5.74) is 5.94. The number of benzene rings is 1. The van der Waals surface area contributed by atoms with Gasteiger partial charge in [0.2, 0.25) is 0 Å². The number of nitrogens with one attached hydrogen (secondary N) is 1. The minimum atomic E-state index is 0.397. The van der Waals surface area contributed by atoms with Crippen LogP contribution >= 0.6 is 11.3 Å². The van der Waals surface area contributed by atoms with E-state index >= 15 is 0 Å². The number of thiophene rings is 1. The second kappa shape index (κ2) is 5.10. The third-order valence-corrected chi connectivity index (χ3v) is 5.35. The Bertz CT molecular complexity index is 580. The van der Waals surface area contributed by atoms with Crippen LogP contribution in [0, 0.1) is 13.8 Å². The van der Waals surface area contributed by atoms with Crippen LogP contribution < -0.4 is 5.32 Å². The van der Waals surface area contributed by atoms with Gasteiger partial charge < -0.3 is 5.32 Å². The van der Waals surface area contributed by atoms with Crippen molar-refractivity contribution in [2.24, 2.45) is 0 Å². The van der Waals surface area contributed by atoms with Gasteiger partial charge >= 0.3 is 0 Å². The molecule has 1 atom stereocenters. The Balaban J connectivity index is 2.05. The van der Waals surface area contributed by atoms with Gasteiger partial charge in [-0.25, -0.2) is 0 Å². The molecule has 0 radical (unpaired) electrons. The van der Waals surface area contributed by atoms with Crippen LogP contribution in [0.25, 0.3) is 0 Å². The maximum atomic E-state index is 3.69. The molecular formula is C17H21NS. The summed E-state index contributed by atoms with van der Waals surface area (Å²) in [5, 5.41) is 3.69. The van der Waals surface area contributed by atoms with Crippen LogP contribution in [0.15, 0.2) is 24.3 Å². The van der Waals surface area contributed by atoms with E-state index in [1.165, 1.54) is 22.4 Å². The molecule has 1 aromatic heterocycles. The lowest BCUT2D eigenvalue weighted by atomic mass is 9.93. The summed E-state index contributed by atoms with van der Waals surface area (Å²) in [6.07, 6.45) is 2.35. The molecule has 1 nitrogen and oxygen atoms in total. The van der Waals surface area contributed by atoms with Crippen molar-refractivity contribution >= 4 is 11.3 Å². The molecule has 1 aliphatic rings. The summed E-state index contributed by atoms with van der Waals surface area (Å²) in [4.78, 5) is 3.05. The van der Waals surface area contributed by atoms with Crippen molar-refractivity contribution in [3.05, 3.63) is 56.3 Å². The molecule has 2 aromatic rings. The number of aryl methyl sites for hydroxylation is 2. The van der Waals surface area contributed by atoms with Gasteiger partial charge in [-0.2, -0.15) is 0 Å². The van der Waals surface area contributed by atoms with Crippen LogP contribution in [0.5, 0.6) is 0 Å². The van der Waals surface area contributed by atoms with E-state index < -0.39 is 0 Å². The summed E-state index contributed by atoms with van der Waals surface area (Å²) >= 11 is 1.99. The van der Waals surface area contributed by atoms with E-state index in [0.29, 0.717) is 6.04 Å². The Morgan fingerprint density at radius 1 is 1.21 bits per heavy atom. The van der Waals surface area contributed by atoms with Crippen LogP contribution in [-0.2, 0) is 12.8 Å². The fraction of sp³-hybridized carbons (Fsp3) is 0.412. The molecule has 1 N–H and O–H groups in total. The molecule has 0 aliphatic carbocycles. The monoisotopic (exact) mass is 271 g/mol. The smallest absolute Gasteiger partial charge is 0.0674 e. The molecule has 1 aliphatic heterocycles. The number of hydrogen-bond donors (Lipinski definition) is 1. The van der Waals surface area contributed by atoms with E-state index in [1.807, 2.05) is 11.3 Å². The van der Waals surface area contributed by atoms with Gasteiger partial charge in [-0.3, -0.25) is 0 Å². The van der Waals surface area contributed by atoms with Crippen molar-refractivity contribution in [2.75, 3.05) is 6.54 Å². The molecule has 0 fully saturated rings. The van der Waals surface area contributed by atoms with Crippen LogP contribution in [0.4, 0.5) is 0 Å². The number of fused-ring (bicyclic) bond motifs is 1. The molecule has 0 spiro atoms. The highest BCUT2D eigenvalue weighted by Gasteiger charge is 2.26. The van der Waals surface area contributed by atoms with Crippen LogP contribution in [0.3, 0.4) is 0 Å². The second-order valence-corrected chi connectivity index (χ2v) is 6.64. The first-order valence-electron chi connectivity index (χ1n) is 7.11. The molecule has 0 amide bonds. The highest BCUT2D eigenvalue weighted by Crippen LogP contribution is 2.38. The van der Waals surface area contributed by atoms with Crippen molar-refractivity contribution in [3.8, 4) is 0 Å². The zero-order valence-corrected chi connectivity index (χ0v) is 12.7. The quantitative estimate of drug-likeness (QED) is 0.864. The Labute approximate surface area is 119 Å². The van der Waals surface area contributed by atoms with E-state index in [9.17, 15) is 0 Å². The molecule has 2 heteroatoms. The predicted molar refractivity (Wildman–Crippen MR) is 83.2 cm³/mol. The van der Waals surface area contributed by atoms with Gasteiger partial charge in [0.05, 0.1) is 6.04 Å². The Morgan fingerprint density at radius 2 is 1.95 bits per heavy atom. The molecule has 1 aromatic carbocycles. The molecule has 1 unspecified atom stereocenters. The van der Waals surface area contributed by atoms with Gasteiger partial charge in [0.15, 0.2) is 0 Å². The normalized spacial score (nSPS) is 18.4. The molecular weight excluding hydrogens is 250 g/mol. The van der Waals surface area contributed by atoms with E-state index in [0.717, 1.165) is 13.0 Å². The van der Waals surface area contributed by atoms with Gasteiger partial charge in [-0.15, -0.1) is 11.3 Å². The zero-order chi connectivity index (χ0) is 13.4. The number of hydrogen-bond acceptors (Lipinski definition) is 2. The molecule has 2 heterocycles. The lowest BCUT2D eigenvalue weighted by Gasteiger charge is -2.25. The van der Waals surface area contributed by atoms with Gasteiger partial charge in [0.1, 0.15) is 0 Å². The highest BCUT2D eigenvalue weighted by molar-refractivity contribution is 7.12. The largest absolute Gasteiger partial charge is 0.305 e. The molecule has 100 valence electrons. The third-order valence-electron chi connectivity index (χ3n) is 4.10. The standard InChI is InChI=1S/C17H21NS/c1-4-14-12(3)19-17-15(14)9-10-18-16(17)13-7-5-11(2)6-8-13/h5-8,16,18H,4,9-10H2,1-3H3. The maximum Gasteiger partial charge on any atom is 0.0674 e. The van der Waals surface area contributed by atoms with Gasteiger partial charge in [-0.1, -0.05) is 36.8 Å². The first kappa shape index (κ1) is 12.9. The molecule has 3 rings (SSSR count). The Hall–Kier alpha value is -1.12. The van der Waals surface area contributed by atoms with Crippen molar-refractivity contribution in [1.82, 2.24) is 5.32 Å². The Kier molecular flexibility index (Phi) is 3.46. The minimum Gasteiger partial charge on any atom is -0.305 e. The number of rotatable bonds is 2. The van der Waals surface area contributed by atoms with Crippen molar-refractivity contribution in [3.63, 3.8) is 0 Å². The van der Waals surface area contributed by atoms with E-state index in [2.05, 4.69) is 50.4 Å². The topological polar surface area (TPSA) is 12.0 Å². The van der Waals surface area contributed by atoms with Gasteiger partial charge in [0.25, 0.3) is 0 Å². The fourth-order valence-electron chi connectivity index (χ4n) is 3.08. The highest BCUT2D eigenvalue weighted by atomic mass is 32.1. The first-order chi connectivity index (χ1) is 9.20. The van der Waals surface area contributed by atoms with Crippen molar-refractivity contribution < 1.29 is 0 Å². The van der Waals surface area contributed by atoms with Crippen molar-refractivity contribution in [2.45, 2.75) is 39.7 Å². The lowest BCUT2D eigenvalue weighted by molar-refractivity contribution is 0.576. The van der Waals surface area contributed by atoms with Crippen LogP contribution in [0.1, 0.15) is 45.0 Å². The average molecular weight is 271 g/mol. The SMILES string of the molecule is CCc1c(C)sc2c1CCNC2c1ccc(C)cc1. The molecule has 0 bridgehead atoms. The summed E-state index contributed by atoms with van der Waals surface area (Å²) < 4.78 is 0. The van der Waals surface area contributed by atoms with Crippen molar-refractivity contribution in [1.29, 1.82) is 0 Å². The van der Waals surface area contributed by atoms with E-state index in [-0.39, 0.29) is 0 Å². The van der Waals surface area contributed by atoms with Crippen LogP contribution in [0.2, 0.25) is 0 Å². The summed E-state index contributed by atoms with van der Waals surface area (Å²) in [7, 11) is 0. The molecule has 0 saturated carbocycles. The minimum absolute atomic E-state index is 0.397. The Morgan fingerprint density at radius 3 is 2.63 bits per heavy atom. The average Bonchev–Trinajstić information content (AvgIpc) is 2.75. The molecule has 19 heavy (non-hydrogen) atoms. The summed E-state index contributed by atoms with van der Waals surface area (Å²) in [6, 6.07) is 9.36. The second-order valence-electron chi connectivity index (χ2n) is 5.38. The first-order valence-corrected chi connectivity index (χ1v) is 7.93. The zero-order valence-electron chi connectivity index (χ0n) is 11.9.